The predicted octanol–water partition coefficient (Wildman–Crippen LogP) is 5.77. The van der Waals surface area contributed by atoms with Crippen LogP contribution in [0.15, 0.2) is 79.1 Å². The molecule has 6 aromatic rings. The second kappa shape index (κ2) is 7.54. The fraction of sp³-hybridized carbons (Fsp3) is 0.172. The molecular formula is C29H25N5. The summed E-state index contributed by atoms with van der Waals surface area (Å²) in [6, 6.07) is 24.0. The molecule has 0 aliphatic carbocycles. The highest BCUT2D eigenvalue weighted by atomic mass is 15.3. The van der Waals surface area contributed by atoms with Gasteiger partial charge in [-0.05, 0) is 65.7 Å². The van der Waals surface area contributed by atoms with Gasteiger partial charge in [-0.25, -0.2) is 0 Å². The zero-order valence-electron chi connectivity index (χ0n) is 19.1. The molecule has 0 unspecified atom stereocenters. The zero-order valence-corrected chi connectivity index (χ0v) is 19.1. The number of fused-ring (bicyclic) bond motifs is 5. The fourth-order valence-corrected chi connectivity index (χ4v) is 5.30. The van der Waals surface area contributed by atoms with E-state index in [0.29, 0.717) is 0 Å². The normalized spacial score (nSPS) is 14.3. The number of nitrogens with one attached hydrogen (secondary N) is 1. The minimum absolute atomic E-state index is 0.731. The van der Waals surface area contributed by atoms with Crippen LogP contribution >= 0.6 is 0 Å². The Morgan fingerprint density at radius 1 is 0.941 bits per heavy atom. The minimum Gasteiger partial charge on any atom is -0.358 e. The summed E-state index contributed by atoms with van der Waals surface area (Å²) in [7, 11) is 2.20. The van der Waals surface area contributed by atoms with Crippen LogP contribution in [0.25, 0.3) is 43.8 Å². The number of aromatic nitrogens is 4. The van der Waals surface area contributed by atoms with Crippen molar-refractivity contribution >= 4 is 32.7 Å². The Kier molecular flexibility index (Phi) is 4.32. The van der Waals surface area contributed by atoms with Crippen molar-refractivity contribution in [1.82, 2.24) is 24.6 Å². The van der Waals surface area contributed by atoms with Crippen LogP contribution in [-0.2, 0) is 19.5 Å². The van der Waals surface area contributed by atoms with Crippen molar-refractivity contribution < 1.29 is 0 Å². The molecule has 1 aliphatic heterocycles. The van der Waals surface area contributed by atoms with Gasteiger partial charge in [-0.15, -0.1) is 0 Å². The summed E-state index contributed by atoms with van der Waals surface area (Å²) in [5.74, 6) is 0. The Labute approximate surface area is 197 Å². The smallest absolute Gasteiger partial charge is 0.0702 e. The number of hydrogen-bond donors (Lipinski definition) is 1. The third-order valence-corrected chi connectivity index (χ3v) is 7.14. The molecule has 0 saturated carbocycles. The summed E-state index contributed by atoms with van der Waals surface area (Å²) in [6.45, 7) is 2.85. The average molecular weight is 444 g/mol. The van der Waals surface area contributed by atoms with Gasteiger partial charge in [0.25, 0.3) is 0 Å². The van der Waals surface area contributed by atoms with Crippen molar-refractivity contribution in [3.63, 3.8) is 0 Å². The maximum atomic E-state index is 4.70. The molecule has 0 amide bonds. The van der Waals surface area contributed by atoms with Crippen molar-refractivity contribution in [2.24, 2.45) is 0 Å². The van der Waals surface area contributed by atoms with Crippen LogP contribution < -0.4 is 0 Å². The van der Waals surface area contributed by atoms with Crippen LogP contribution in [-0.4, -0.2) is 38.2 Å². The standard InChI is InChI=1S/C29H25N5/c1-33-12-10-28-25(18-33)24-14-20(7-9-27(24)32-28)21-5-6-23-16-31-34(29(23)15-21)17-19-4-8-26-22(13-19)3-2-11-30-26/h2-9,11,13-16,32H,10,12,17-18H2,1H3. The van der Waals surface area contributed by atoms with Crippen LogP contribution in [0, 0.1) is 0 Å². The second-order valence-electron chi connectivity index (χ2n) is 9.44. The van der Waals surface area contributed by atoms with E-state index in [1.54, 1.807) is 0 Å². The number of benzene rings is 3. The van der Waals surface area contributed by atoms with Crippen LogP contribution in [0.3, 0.4) is 0 Å². The summed E-state index contributed by atoms with van der Waals surface area (Å²) in [5, 5.41) is 8.37. The van der Waals surface area contributed by atoms with Crippen LogP contribution in [0.5, 0.6) is 0 Å². The zero-order chi connectivity index (χ0) is 22.6. The SMILES string of the molecule is CN1CCc2[nH]c3ccc(-c4ccc5cnn(Cc6ccc7ncccc7c6)c5c4)cc3c2C1. The number of likely N-dealkylation sites (N-methyl/N-ethyl adjacent to an activating group) is 1. The quantitative estimate of drug-likeness (QED) is 0.378. The van der Waals surface area contributed by atoms with Gasteiger partial charge in [-0.1, -0.05) is 30.3 Å². The molecule has 0 fully saturated rings. The Bertz CT molecular complexity index is 1690. The Balaban J connectivity index is 1.28. The first-order chi connectivity index (χ1) is 16.7. The lowest BCUT2D eigenvalue weighted by Crippen LogP contribution is -2.25. The number of nitrogens with zero attached hydrogens (tertiary/aromatic N) is 4. The van der Waals surface area contributed by atoms with Crippen LogP contribution in [0.4, 0.5) is 0 Å². The maximum absolute atomic E-state index is 4.70. The molecule has 3 aromatic heterocycles. The molecule has 0 spiro atoms. The lowest BCUT2D eigenvalue weighted by Gasteiger charge is -2.22. The minimum atomic E-state index is 0.731. The van der Waals surface area contributed by atoms with Gasteiger partial charge in [0.05, 0.1) is 23.8 Å². The molecule has 7 rings (SSSR count). The topological polar surface area (TPSA) is 49.7 Å². The van der Waals surface area contributed by atoms with Gasteiger partial charge in [0, 0.05) is 53.1 Å². The third kappa shape index (κ3) is 3.20. The Hall–Kier alpha value is -3.96. The second-order valence-corrected chi connectivity index (χ2v) is 9.44. The van der Waals surface area contributed by atoms with E-state index in [0.717, 1.165) is 47.9 Å². The molecule has 0 bridgehead atoms. The first-order valence-electron chi connectivity index (χ1n) is 11.8. The molecule has 0 atom stereocenters. The van der Waals surface area contributed by atoms with E-state index in [1.807, 2.05) is 18.5 Å². The monoisotopic (exact) mass is 443 g/mol. The molecule has 0 saturated heterocycles. The van der Waals surface area contributed by atoms with Crippen molar-refractivity contribution in [3.8, 4) is 11.1 Å². The highest BCUT2D eigenvalue weighted by Gasteiger charge is 2.18. The first kappa shape index (κ1) is 19.5. The Morgan fingerprint density at radius 3 is 2.82 bits per heavy atom. The molecule has 3 aromatic carbocycles. The first-order valence-corrected chi connectivity index (χ1v) is 11.8. The van der Waals surface area contributed by atoms with E-state index in [2.05, 4.69) is 87.3 Å². The highest BCUT2D eigenvalue weighted by Crippen LogP contribution is 2.32. The predicted molar refractivity (Wildman–Crippen MR) is 138 cm³/mol. The van der Waals surface area contributed by atoms with Crippen molar-refractivity contribution in [3.05, 3.63) is 95.9 Å². The average Bonchev–Trinajstić information content (AvgIpc) is 3.44. The van der Waals surface area contributed by atoms with E-state index in [-0.39, 0.29) is 0 Å². The van der Waals surface area contributed by atoms with E-state index in [4.69, 9.17) is 5.10 Å². The summed E-state index contributed by atoms with van der Waals surface area (Å²) < 4.78 is 2.10. The van der Waals surface area contributed by atoms with Gasteiger partial charge in [0.15, 0.2) is 0 Å². The highest BCUT2D eigenvalue weighted by molar-refractivity contribution is 5.91. The van der Waals surface area contributed by atoms with E-state index >= 15 is 0 Å². The number of pyridine rings is 1. The maximum Gasteiger partial charge on any atom is 0.0702 e. The molecule has 0 radical (unpaired) electrons. The van der Waals surface area contributed by atoms with Crippen molar-refractivity contribution in [2.75, 3.05) is 13.6 Å². The number of hydrogen-bond acceptors (Lipinski definition) is 3. The molecule has 4 heterocycles. The van der Waals surface area contributed by atoms with Crippen LogP contribution in [0.2, 0.25) is 0 Å². The molecule has 5 heteroatoms. The van der Waals surface area contributed by atoms with Crippen molar-refractivity contribution in [1.29, 1.82) is 0 Å². The van der Waals surface area contributed by atoms with Gasteiger partial charge in [0.1, 0.15) is 0 Å². The van der Waals surface area contributed by atoms with Gasteiger partial charge in [0.2, 0.25) is 0 Å². The van der Waals surface area contributed by atoms with E-state index in [1.165, 1.54) is 38.9 Å². The number of rotatable bonds is 3. The summed E-state index contributed by atoms with van der Waals surface area (Å²) in [6.07, 6.45) is 4.89. The number of H-pyrrole nitrogens is 1. The fourth-order valence-electron chi connectivity index (χ4n) is 5.30. The van der Waals surface area contributed by atoms with Crippen LogP contribution in [0.1, 0.15) is 16.8 Å². The van der Waals surface area contributed by atoms with Crippen molar-refractivity contribution in [2.45, 2.75) is 19.5 Å². The van der Waals surface area contributed by atoms with Gasteiger partial charge in [-0.2, -0.15) is 5.10 Å². The molecular weight excluding hydrogens is 418 g/mol. The summed E-state index contributed by atoms with van der Waals surface area (Å²) in [4.78, 5) is 10.5. The lowest BCUT2D eigenvalue weighted by molar-refractivity contribution is 0.313. The van der Waals surface area contributed by atoms with Gasteiger partial charge >= 0.3 is 0 Å². The van der Waals surface area contributed by atoms with Gasteiger partial charge < -0.3 is 9.88 Å². The van der Waals surface area contributed by atoms with E-state index < -0.39 is 0 Å². The molecule has 1 N–H and O–H groups in total. The van der Waals surface area contributed by atoms with E-state index in [9.17, 15) is 0 Å². The number of aromatic amines is 1. The largest absolute Gasteiger partial charge is 0.358 e. The molecule has 166 valence electrons. The Morgan fingerprint density at radius 2 is 1.85 bits per heavy atom. The molecule has 5 nitrogen and oxygen atoms in total. The summed E-state index contributed by atoms with van der Waals surface area (Å²) >= 11 is 0. The third-order valence-electron chi connectivity index (χ3n) is 7.14. The molecule has 34 heavy (non-hydrogen) atoms. The van der Waals surface area contributed by atoms with Gasteiger partial charge in [-0.3, -0.25) is 9.67 Å². The lowest BCUT2D eigenvalue weighted by atomic mass is 9.99. The molecule has 1 aliphatic rings. The summed E-state index contributed by atoms with van der Waals surface area (Å²) in [5.41, 5.74) is 9.94.